The molecule has 1 aliphatic carbocycles. The van der Waals surface area contributed by atoms with E-state index in [-0.39, 0.29) is 18.3 Å². The number of aromatic nitrogens is 5. The van der Waals surface area contributed by atoms with Gasteiger partial charge in [-0.3, -0.25) is 19.4 Å². The maximum Gasteiger partial charge on any atom is 0.314 e. The topological polar surface area (TPSA) is 106 Å². The average molecular weight is 519 g/mol. The van der Waals surface area contributed by atoms with E-state index in [0.29, 0.717) is 18.7 Å². The molecule has 9 heteroatoms. The minimum atomic E-state index is -0.730. The van der Waals surface area contributed by atoms with Crippen LogP contribution in [0.1, 0.15) is 56.4 Å². The van der Waals surface area contributed by atoms with Crippen LogP contribution in [0.4, 0.5) is 11.6 Å². The molecule has 8 nitrogen and oxygen atoms in total. The fraction of sp³-hybridized carbons (Fsp3) is 0.321. The van der Waals surface area contributed by atoms with Crippen LogP contribution in [0.3, 0.4) is 0 Å². The van der Waals surface area contributed by atoms with Gasteiger partial charge >= 0.3 is 5.97 Å². The van der Waals surface area contributed by atoms with E-state index in [1.165, 1.54) is 0 Å². The standard InChI is InChI=1S/C28H30N6O2.ClH/c1-5-18-12-20(28(10-11-28)27(35)36)7-8-21(18)19-6-9-23(30-13-19)22-14-31-34(4)26(22)33-25-16-29-15-24(32-25)17(2)3;/h6-9,12-17H,5,10-11H2,1-4H3,(H,32,33)(H,35,36);1H. The van der Waals surface area contributed by atoms with Gasteiger partial charge in [0.15, 0.2) is 0 Å². The summed E-state index contributed by atoms with van der Waals surface area (Å²) in [5, 5.41) is 17.5. The molecule has 5 rings (SSSR count). The minimum Gasteiger partial charge on any atom is -0.481 e. The number of rotatable bonds is 8. The first-order valence-corrected chi connectivity index (χ1v) is 12.3. The Morgan fingerprint density at radius 3 is 2.51 bits per heavy atom. The number of carboxylic acid groups (broad SMARTS) is 1. The molecule has 1 aliphatic rings. The minimum absolute atomic E-state index is 0. The van der Waals surface area contributed by atoms with Gasteiger partial charge in [-0.25, -0.2) is 4.98 Å². The molecule has 37 heavy (non-hydrogen) atoms. The highest BCUT2D eigenvalue weighted by Gasteiger charge is 2.51. The van der Waals surface area contributed by atoms with Crippen LogP contribution in [-0.2, 0) is 23.7 Å². The Labute approximate surface area is 222 Å². The van der Waals surface area contributed by atoms with Crippen molar-refractivity contribution in [3.63, 3.8) is 0 Å². The Bertz CT molecular complexity index is 1430. The summed E-state index contributed by atoms with van der Waals surface area (Å²) in [6, 6.07) is 10.1. The smallest absolute Gasteiger partial charge is 0.314 e. The number of carbonyl (C=O) groups is 1. The van der Waals surface area contributed by atoms with E-state index in [1.807, 2.05) is 31.4 Å². The highest BCUT2D eigenvalue weighted by Crippen LogP contribution is 2.49. The number of carboxylic acids is 1. The van der Waals surface area contributed by atoms with Gasteiger partial charge in [-0.2, -0.15) is 5.10 Å². The highest BCUT2D eigenvalue weighted by atomic mass is 35.5. The number of benzene rings is 1. The van der Waals surface area contributed by atoms with Gasteiger partial charge in [0.2, 0.25) is 0 Å². The average Bonchev–Trinajstić information content (AvgIpc) is 3.63. The van der Waals surface area contributed by atoms with Crippen molar-refractivity contribution in [3.05, 3.63) is 71.9 Å². The van der Waals surface area contributed by atoms with E-state index >= 15 is 0 Å². The number of hydrogen-bond acceptors (Lipinski definition) is 6. The van der Waals surface area contributed by atoms with Crippen molar-refractivity contribution in [2.75, 3.05) is 5.32 Å². The van der Waals surface area contributed by atoms with Crippen molar-refractivity contribution in [2.45, 2.75) is 51.4 Å². The molecule has 3 aromatic heterocycles. The van der Waals surface area contributed by atoms with E-state index in [2.05, 4.69) is 53.3 Å². The molecular weight excluding hydrogens is 488 g/mol. The summed E-state index contributed by atoms with van der Waals surface area (Å²) in [7, 11) is 1.87. The molecule has 2 N–H and O–H groups in total. The molecule has 0 amide bonds. The molecule has 0 atom stereocenters. The van der Waals surface area contributed by atoms with Gasteiger partial charge in [0, 0.05) is 25.0 Å². The first-order chi connectivity index (χ1) is 17.3. The molecule has 3 heterocycles. The Hall–Kier alpha value is -3.78. The number of halogens is 1. The SMILES string of the molecule is CCc1cc(C2(C(=O)O)CC2)ccc1-c1ccc(-c2cnn(C)c2Nc2cncc(C(C)C)n2)nc1.Cl. The summed E-state index contributed by atoms with van der Waals surface area (Å²) in [5.41, 5.74) is 5.97. The summed E-state index contributed by atoms with van der Waals surface area (Å²) >= 11 is 0. The Balaban J connectivity index is 0.00000320. The number of aryl methyl sites for hydroxylation is 2. The maximum absolute atomic E-state index is 11.8. The lowest BCUT2D eigenvalue weighted by Crippen LogP contribution is -2.19. The fourth-order valence-electron chi connectivity index (χ4n) is 4.54. The highest BCUT2D eigenvalue weighted by molar-refractivity contribution is 5.86. The van der Waals surface area contributed by atoms with E-state index in [4.69, 9.17) is 4.98 Å². The third-order valence-electron chi connectivity index (χ3n) is 6.98. The summed E-state index contributed by atoms with van der Waals surface area (Å²) in [6.07, 6.45) is 9.36. The summed E-state index contributed by atoms with van der Waals surface area (Å²) in [4.78, 5) is 25.5. The number of hydrogen-bond donors (Lipinski definition) is 2. The molecule has 0 radical (unpaired) electrons. The van der Waals surface area contributed by atoms with Crippen LogP contribution in [-0.4, -0.2) is 35.8 Å². The largest absolute Gasteiger partial charge is 0.481 e. The molecule has 0 spiro atoms. The van der Waals surface area contributed by atoms with E-state index in [9.17, 15) is 9.90 Å². The number of nitrogens with zero attached hydrogens (tertiary/aromatic N) is 5. The lowest BCUT2D eigenvalue weighted by molar-refractivity contribution is -0.140. The van der Waals surface area contributed by atoms with E-state index in [0.717, 1.165) is 51.4 Å². The van der Waals surface area contributed by atoms with Crippen LogP contribution in [0, 0.1) is 0 Å². The van der Waals surface area contributed by atoms with Crippen LogP contribution in [0.2, 0.25) is 0 Å². The predicted molar refractivity (Wildman–Crippen MR) is 146 cm³/mol. The van der Waals surface area contributed by atoms with Crippen molar-refractivity contribution in [1.82, 2.24) is 24.7 Å². The van der Waals surface area contributed by atoms with Crippen LogP contribution in [0.5, 0.6) is 0 Å². The molecule has 0 bridgehead atoms. The third-order valence-corrected chi connectivity index (χ3v) is 6.98. The number of nitrogens with one attached hydrogen (secondary N) is 1. The van der Waals surface area contributed by atoms with Crippen LogP contribution < -0.4 is 5.32 Å². The molecule has 4 aromatic rings. The molecule has 1 aromatic carbocycles. The molecular formula is C28H31ClN6O2. The summed E-state index contributed by atoms with van der Waals surface area (Å²) < 4.78 is 1.76. The molecule has 1 saturated carbocycles. The Morgan fingerprint density at radius 1 is 1.11 bits per heavy atom. The number of anilines is 2. The van der Waals surface area contributed by atoms with Crippen molar-refractivity contribution in [2.24, 2.45) is 7.05 Å². The first-order valence-electron chi connectivity index (χ1n) is 12.3. The van der Waals surface area contributed by atoms with Crippen molar-refractivity contribution in [1.29, 1.82) is 0 Å². The van der Waals surface area contributed by atoms with E-state index < -0.39 is 11.4 Å². The normalized spacial score (nSPS) is 13.8. The molecule has 0 saturated heterocycles. The van der Waals surface area contributed by atoms with Crippen LogP contribution >= 0.6 is 12.4 Å². The quantitative estimate of drug-likeness (QED) is 0.299. The lowest BCUT2D eigenvalue weighted by Gasteiger charge is -2.15. The van der Waals surface area contributed by atoms with Gasteiger partial charge in [0.1, 0.15) is 11.6 Å². The maximum atomic E-state index is 11.8. The second-order valence-corrected chi connectivity index (χ2v) is 9.68. The van der Waals surface area contributed by atoms with Crippen LogP contribution in [0.15, 0.2) is 55.1 Å². The van der Waals surface area contributed by atoms with Crippen molar-refractivity contribution < 1.29 is 9.90 Å². The number of pyridine rings is 1. The molecule has 1 fully saturated rings. The molecule has 192 valence electrons. The van der Waals surface area contributed by atoms with Crippen molar-refractivity contribution >= 4 is 30.0 Å². The zero-order valence-corrected chi connectivity index (χ0v) is 22.2. The van der Waals surface area contributed by atoms with Crippen molar-refractivity contribution in [3.8, 4) is 22.4 Å². The first kappa shape index (κ1) is 26.3. The summed E-state index contributed by atoms with van der Waals surface area (Å²) in [5.74, 6) is 0.990. The lowest BCUT2D eigenvalue weighted by atomic mass is 9.90. The van der Waals surface area contributed by atoms with Gasteiger partial charge in [0.05, 0.1) is 34.8 Å². The van der Waals surface area contributed by atoms with E-state index in [1.54, 1.807) is 23.3 Å². The molecule has 0 unspecified atom stereocenters. The fourth-order valence-corrected chi connectivity index (χ4v) is 4.54. The zero-order valence-electron chi connectivity index (χ0n) is 21.4. The number of aliphatic carboxylic acids is 1. The monoisotopic (exact) mass is 518 g/mol. The Morgan fingerprint density at radius 2 is 1.89 bits per heavy atom. The van der Waals surface area contributed by atoms with Gasteiger partial charge < -0.3 is 10.4 Å². The second kappa shape index (κ2) is 10.3. The zero-order chi connectivity index (χ0) is 25.4. The molecule has 0 aliphatic heterocycles. The van der Waals surface area contributed by atoms with Gasteiger partial charge in [-0.1, -0.05) is 45.0 Å². The van der Waals surface area contributed by atoms with Crippen LogP contribution in [0.25, 0.3) is 22.4 Å². The summed E-state index contributed by atoms with van der Waals surface area (Å²) in [6.45, 7) is 6.26. The third kappa shape index (κ3) is 4.93. The predicted octanol–water partition coefficient (Wildman–Crippen LogP) is 5.91. The second-order valence-electron chi connectivity index (χ2n) is 9.68. The van der Waals surface area contributed by atoms with Gasteiger partial charge in [-0.05, 0) is 47.9 Å². The van der Waals surface area contributed by atoms with Gasteiger partial charge in [-0.15, -0.1) is 12.4 Å². The Kier molecular flexibility index (Phi) is 7.32. The van der Waals surface area contributed by atoms with Gasteiger partial charge in [0.25, 0.3) is 0 Å².